The number of fused-ring (bicyclic) bond motifs is 1. The maximum absolute atomic E-state index is 11.3. The van der Waals surface area contributed by atoms with Gasteiger partial charge in [-0.3, -0.25) is 0 Å². The van der Waals surface area contributed by atoms with Crippen LogP contribution in [0, 0.1) is 0 Å². The first-order chi connectivity index (χ1) is 24.7. The Morgan fingerprint density at radius 1 is 0.692 bits per heavy atom. The minimum absolute atomic E-state index is 0.0426. The van der Waals surface area contributed by atoms with Crippen molar-refractivity contribution >= 4 is 5.69 Å². The summed E-state index contributed by atoms with van der Waals surface area (Å²) in [6.07, 6.45) is -19.5. The van der Waals surface area contributed by atoms with Gasteiger partial charge in [-0.25, -0.2) is 0 Å². The van der Waals surface area contributed by atoms with Gasteiger partial charge >= 0.3 is 0 Å². The lowest BCUT2D eigenvalue weighted by atomic mass is 9.84. The molecule has 0 aromatic heterocycles. The highest BCUT2D eigenvalue weighted by atomic mass is 16.8. The minimum Gasteiger partial charge on any atom is -0.394 e. The van der Waals surface area contributed by atoms with Crippen LogP contribution in [0.1, 0.15) is 18.3 Å². The zero-order chi connectivity index (χ0) is 37.6. The third kappa shape index (κ3) is 7.84. The summed E-state index contributed by atoms with van der Waals surface area (Å²) >= 11 is 0. The fourth-order valence-electron chi connectivity index (χ4n) is 7.31. The van der Waals surface area contributed by atoms with E-state index in [9.17, 15) is 30.6 Å². The van der Waals surface area contributed by atoms with E-state index in [4.69, 9.17) is 66.6 Å². The number of aliphatic hydroxyl groups is 6. The van der Waals surface area contributed by atoms with Crippen molar-refractivity contribution in [3.8, 4) is 0 Å². The lowest BCUT2D eigenvalue weighted by Gasteiger charge is -2.49. The van der Waals surface area contributed by atoms with Crippen LogP contribution in [0.15, 0.2) is 24.3 Å². The number of benzene rings is 1. The molecule has 52 heavy (non-hydrogen) atoms. The Bertz CT molecular complexity index is 1300. The van der Waals surface area contributed by atoms with E-state index in [0.29, 0.717) is 0 Å². The first kappa shape index (κ1) is 39.9. The first-order valence-corrected chi connectivity index (χ1v) is 17.4. The molecule has 1 aromatic rings. The smallest absolute Gasteiger partial charge is 0.187 e. The lowest BCUT2D eigenvalue weighted by molar-refractivity contribution is -0.356. The molecule has 6 rings (SSSR count). The van der Waals surface area contributed by atoms with E-state index in [2.05, 4.69) is 0 Å². The average Bonchev–Trinajstić information content (AvgIpc) is 3.43. The molecule has 20 nitrogen and oxygen atoms in total. The maximum atomic E-state index is 11.3. The Morgan fingerprint density at radius 2 is 1.31 bits per heavy atom. The number of ether oxygens (including phenoxy) is 8. The van der Waals surface area contributed by atoms with E-state index in [1.54, 1.807) is 0 Å². The lowest BCUT2D eigenvalue weighted by Crippen LogP contribution is -2.69. The van der Waals surface area contributed by atoms with Crippen molar-refractivity contribution in [2.45, 2.75) is 129 Å². The van der Waals surface area contributed by atoms with Gasteiger partial charge in [0.2, 0.25) is 0 Å². The number of hydrogen-bond acceptors (Lipinski definition) is 20. The summed E-state index contributed by atoms with van der Waals surface area (Å²) in [7, 11) is 3.86. The Hall–Kier alpha value is -1.74. The van der Waals surface area contributed by atoms with Crippen molar-refractivity contribution in [2.24, 2.45) is 28.7 Å². The van der Waals surface area contributed by atoms with Crippen LogP contribution in [0.5, 0.6) is 0 Å². The molecule has 2 unspecified atom stereocenters. The van der Waals surface area contributed by atoms with Gasteiger partial charge in [0.25, 0.3) is 0 Å². The maximum Gasteiger partial charge on any atom is 0.187 e. The van der Waals surface area contributed by atoms with Gasteiger partial charge in [-0.15, -0.1) is 0 Å². The van der Waals surface area contributed by atoms with Gasteiger partial charge in [-0.2, -0.15) is 0 Å². The van der Waals surface area contributed by atoms with Crippen LogP contribution in [0.3, 0.4) is 0 Å². The highest BCUT2D eigenvalue weighted by molar-refractivity contribution is 5.46. The van der Waals surface area contributed by atoms with E-state index < -0.39 is 129 Å². The molecule has 5 fully saturated rings. The highest BCUT2D eigenvalue weighted by Gasteiger charge is 2.55. The van der Waals surface area contributed by atoms with Crippen molar-refractivity contribution in [3.63, 3.8) is 0 Å². The number of nitrogens with two attached hydrogens (primary N) is 5. The molecular formula is C32H54N6O14. The summed E-state index contributed by atoms with van der Waals surface area (Å²) in [5, 5.41) is 64.5. The molecule has 1 saturated carbocycles. The minimum atomic E-state index is -1.60. The van der Waals surface area contributed by atoms with Gasteiger partial charge in [-0.05, 0) is 18.6 Å². The quantitative estimate of drug-likeness (QED) is 0.106. The third-order valence-corrected chi connectivity index (χ3v) is 10.5. The van der Waals surface area contributed by atoms with E-state index >= 15 is 0 Å². The van der Waals surface area contributed by atoms with Crippen molar-refractivity contribution in [1.29, 1.82) is 0 Å². The van der Waals surface area contributed by atoms with Gasteiger partial charge in [0.1, 0.15) is 67.1 Å². The molecular weight excluding hydrogens is 692 g/mol. The Morgan fingerprint density at radius 3 is 1.96 bits per heavy atom. The Labute approximate surface area is 300 Å². The first-order valence-electron chi connectivity index (χ1n) is 17.4. The standard InChI is InChI=1S/C32H54N6O14/c1-38(2)12-5-3-11(4-6-12)29-45-10-17-27(50-29)23(43)19(37)31(48-17)49-25-14(35)7-13(34)20(40)28(25)52-32-24(44)26(16(9-39)47-32)51-30-18(36)22(42)21(41)15(8-33)46-30/h3-6,13-32,39-44H,7-10,33-37H2,1-2H3/t13-,14+,15?,16-,17-,18-,19-,20+,21-,22-,23-,24-,25-,26-,27-,28-,29?,30-,31-,32+/m1/s1. The molecule has 4 heterocycles. The molecule has 0 spiro atoms. The molecule has 4 saturated heterocycles. The number of hydrogen-bond donors (Lipinski definition) is 11. The van der Waals surface area contributed by atoms with E-state index in [1.165, 1.54) is 0 Å². The number of aliphatic hydroxyl groups excluding tert-OH is 6. The molecule has 0 bridgehead atoms. The highest BCUT2D eigenvalue weighted by Crippen LogP contribution is 2.37. The van der Waals surface area contributed by atoms with Crippen LogP contribution in [-0.4, -0.2) is 181 Å². The summed E-state index contributed by atoms with van der Waals surface area (Å²) in [5.41, 5.74) is 32.6. The van der Waals surface area contributed by atoms with Crippen molar-refractivity contribution in [2.75, 3.05) is 38.8 Å². The van der Waals surface area contributed by atoms with Gasteiger partial charge < -0.3 is 102 Å². The summed E-state index contributed by atoms with van der Waals surface area (Å²) in [5.74, 6) is 0. The molecule has 296 valence electrons. The summed E-state index contributed by atoms with van der Waals surface area (Å²) in [6, 6.07) is 3.51. The largest absolute Gasteiger partial charge is 0.394 e. The van der Waals surface area contributed by atoms with Crippen LogP contribution >= 0.6 is 0 Å². The fourth-order valence-corrected chi connectivity index (χ4v) is 7.31. The Kier molecular flexibility index (Phi) is 12.7. The predicted octanol–water partition coefficient (Wildman–Crippen LogP) is -6.03. The third-order valence-electron chi connectivity index (χ3n) is 10.5. The fraction of sp³-hybridized carbons (Fsp3) is 0.812. The number of nitrogens with zero attached hydrogens (tertiary/aromatic N) is 1. The van der Waals surface area contributed by atoms with E-state index in [1.807, 2.05) is 43.3 Å². The zero-order valence-electron chi connectivity index (χ0n) is 29.0. The SMILES string of the molecule is CN(C)c1ccc(C2OC[C@H]3O[C@H](O[C@H]4[C@H](O[C@@H]5O[C@H](CO)[C@@H](O[C@H]6OC(CN)[C@@H](O)[C@H](O)[C@H]6N)[C@H]5O)[C@@H](O)[C@H](N)C[C@@H]4N)[C@H](N)[C@@H](O)[C@@H]3O2)cc1. The molecule has 5 aliphatic rings. The van der Waals surface area contributed by atoms with Crippen molar-refractivity contribution in [1.82, 2.24) is 0 Å². The van der Waals surface area contributed by atoms with Crippen LogP contribution < -0.4 is 33.6 Å². The average molecular weight is 747 g/mol. The zero-order valence-corrected chi connectivity index (χ0v) is 29.0. The predicted molar refractivity (Wildman–Crippen MR) is 178 cm³/mol. The molecule has 20 heteroatoms. The molecule has 20 atom stereocenters. The molecule has 0 radical (unpaired) electrons. The topological polar surface area (TPSA) is 329 Å². The van der Waals surface area contributed by atoms with Crippen LogP contribution in [0.25, 0.3) is 0 Å². The Balaban J connectivity index is 1.12. The molecule has 1 aromatic carbocycles. The van der Waals surface area contributed by atoms with Crippen LogP contribution in [0.4, 0.5) is 5.69 Å². The van der Waals surface area contributed by atoms with Gasteiger partial charge in [0.15, 0.2) is 25.2 Å². The normalized spacial score (nSPS) is 48.3. The number of anilines is 1. The van der Waals surface area contributed by atoms with Gasteiger partial charge in [0, 0.05) is 44.0 Å². The van der Waals surface area contributed by atoms with Crippen molar-refractivity contribution in [3.05, 3.63) is 29.8 Å². The summed E-state index contributed by atoms with van der Waals surface area (Å²) in [4.78, 5) is 1.96. The van der Waals surface area contributed by atoms with E-state index in [0.717, 1.165) is 11.3 Å². The second-order valence-corrected chi connectivity index (χ2v) is 14.3. The molecule has 1 aliphatic carbocycles. The summed E-state index contributed by atoms with van der Waals surface area (Å²) in [6.45, 7) is -0.760. The second kappa shape index (κ2) is 16.5. The van der Waals surface area contributed by atoms with Crippen LogP contribution in [0.2, 0.25) is 0 Å². The van der Waals surface area contributed by atoms with E-state index in [-0.39, 0.29) is 19.6 Å². The molecule has 16 N–H and O–H groups in total. The van der Waals surface area contributed by atoms with Crippen molar-refractivity contribution < 1.29 is 68.5 Å². The van der Waals surface area contributed by atoms with Gasteiger partial charge in [-0.1, -0.05) is 12.1 Å². The van der Waals surface area contributed by atoms with Gasteiger partial charge in [0.05, 0.1) is 31.4 Å². The summed E-state index contributed by atoms with van der Waals surface area (Å²) < 4.78 is 47.8. The second-order valence-electron chi connectivity index (χ2n) is 14.3. The molecule has 0 amide bonds. The monoisotopic (exact) mass is 746 g/mol. The molecule has 4 aliphatic heterocycles. The van der Waals surface area contributed by atoms with Crippen LogP contribution in [-0.2, 0) is 37.9 Å². The number of rotatable bonds is 10.